The van der Waals surface area contributed by atoms with Crippen molar-refractivity contribution in [2.24, 2.45) is 0 Å². The van der Waals surface area contributed by atoms with Crippen LogP contribution in [0.5, 0.6) is 0 Å². The Morgan fingerprint density at radius 2 is 1.96 bits per heavy atom. The summed E-state index contributed by atoms with van der Waals surface area (Å²) < 4.78 is 13.5. The summed E-state index contributed by atoms with van der Waals surface area (Å²) in [6.07, 6.45) is 3.13. The highest BCUT2D eigenvalue weighted by atomic mass is 19.1. The van der Waals surface area contributed by atoms with Gasteiger partial charge in [0.25, 0.3) is 5.91 Å². The van der Waals surface area contributed by atoms with E-state index < -0.39 is 5.82 Å². The molecule has 3 aromatic rings. The Labute approximate surface area is 156 Å². The summed E-state index contributed by atoms with van der Waals surface area (Å²) >= 11 is 0. The van der Waals surface area contributed by atoms with Gasteiger partial charge in [0.05, 0.1) is 11.3 Å². The molecule has 4 nitrogen and oxygen atoms in total. The van der Waals surface area contributed by atoms with Gasteiger partial charge in [-0.25, -0.2) is 4.39 Å². The molecule has 1 aliphatic rings. The molecule has 0 aliphatic carbocycles. The third kappa shape index (κ3) is 3.42. The molecular formula is C22H16FN3O. The van der Waals surface area contributed by atoms with Crippen LogP contribution >= 0.6 is 0 Å². The van der Waals surface area contributed by atoms with Crippen LogP contribution in [0, 0.1) is 17.1 Å². The van der Waals surface area contributed by atoms with Crippen molar-refractivity contribution in [1.29, 1.82) is 5.26 Å². The third-order valence-corrected chi connectivity index (χ3v) is 4.71. The van der Waals surface area contributed by atoms with Crippen LogP contribution < -0.4 is 5.32 Å². The number of pyridine rings is 1. The normalized spacial score (nSPS) is 12.8. The molecule has 0 bridgehead atoms. The van der Waals surface area contributed by atoms with Crippen LogP contribution in [-0.2, 0) is 12.8 Å². The first-order chi connectivity index (χ1) is 13.1. The first-order valence-corrected chi connectivity index (χ1v) is 8.69. The number of carbonyl (C=O) groups is 1. The van der Waals surface area contributed by atoms with Gasteiger partial charge in [-0.1, -0.05) is 12.1 Å². The molecule has 1 aliphatic heterocycles. The van der Waals surface area contributed by atoms with Crippen molar-refractivity contribution < 1.29 is 9.18 Å². The Bertz CT molecular complexity index is 1090. The summed E-state index contributed by atoms with van der Waals surface area (Å²) in [6.45, 7) is 0.647. The van der Waals surface area contributed by atoms with Gasteiger partial charge in [-0.15, -0.1) is 0 Å². The van der Waals surface area contributed by atoms with Crippen molar-refractivity contribution in [2.75, 3.05) is 6.54 Å². The van der Waals surface area contributed by atoms with Crippen LogP contribution in [0.4, 0.5) is 4.39 Å². The lowest BCUT2D eigenvalue weighted by Crippen LogP contribution is -2.31. The maximum atomic E-state index is 13.5. The topological polar surface area (TPSA) is 65.8 Å². The average molecular weight is 357 g/mol. The highest BCUT2D eigenvalue weighted by Gasteiger charge is 2.17. The SMILES string of the molecule is N#Cc1cc(Cc2ccnc(-c3ccc4c(c3)CCNC4=O)c2)ccc1F. The van der Waals surface area contributed by atoms with Crippen LogP contribution in [-0.4, -0.2) is 17.4 Å². The van der Waals surface area contributed by atoms with E-state index in [1.54, 1.807) is 18.3 Å². The number of benzene rings is 2. The number of rotatable bonds is 3. The number of aromatic nitrogens is 1. The minimum Gasteiger partial charge on any atom is -0.352 e. The summed E-state index contributed by atoms with van der Waals surface area (Å²) in [7, 11) is 0. The van der Waals surface area contributed by atoms with E-state index in [0.29, 0.717) is 13.0 Å². The van der Waals surface area contributed by atoms with Gasteiger partial charge in [0, 0.05) is 23.9 Å². The second-order valence-electron chi connectivity index (χ2n) is 6.53. The van der Waals surface area contributed by atoms with Crippen molar-refractivity contribution >= 4 is 5.91 Å². The number of amides is 1. The average Bonchev–Trinajstić information content (AvgIpc) is 2.69. The standard InChI is InChI=1S/C22H16FN3O/c23-20-4-1-14(10-18(20)13-24)9-15-5-7-25-21(11-15)17-2-3-19-16(12-17)6-8-26-22(19)27/h1-5,7,10-12H,6,8-9H2,(H,26,27). The van der Waals surface area contributed by atoms with Gasteiger partial charge in [-0.2, -0.15) is 5.26 Å². The van der Waals surface area contributed by atoms with Crippen molar-refractivity contribution in [2.45, 2.75) is 12.8 Å². The maximum Gasteiger partial charge on any atom is 0.251 e. The van der Waals surface area contributed by atoms with Crippen molar-refractivity contribution in [3.8, 4) is 17.3 Å². The molecule has 0 unspecified atom stereocenters. The largest absolute Gasteiger partial charge is 0.352 e. The molecule has 4 rings (SSSR count). The van der Waals surface area contributed by atoms with Gasteiger partial charge in [0.15, 0.2) is 0 Å². The zero-order chi connectivity index (χ0) is 18.8. The lowest BCUT2D eigenvalue weighted by Gasteiger charge is -2.17. The van der Waals surface area contributed by atoms with Crippen LogP contribution in [0.25, 0.3) is 11.3 Å². The summed E-state index contributed by atoms with van der Waals surface area (Å²) in [4.78, 5) is 16.3. The van der Waals surface area contributed by atoms with E-state index in [2.05, 4.69) is 10.3 Å². The second kappa shape index (κ2) is 7.00. The molecule has 1 N–H and O–H groups in total. The Balaban J connectivity index is 1.63. The molecule has 0 radical (unpaired) electrons. The van der Waals surface area contributed by atoms with E-state index in [1.165, 1.54) is 6.07 Å². The number of nitrogens with zero attached hydrogens (tertiary/aromatic N) is 2. The summed E-state index contributed by atoms with van der Waals surface area (Å²) in [5.74, 6) is -0.538. The van der Waals surface area contributed by atoms with E-state index >= 15 is 0 Å². The molecule has 0 saturated carbocycles. The third-order valence-electron chi connectivity index (χ3n) is 4.71. The molecule has 0 spiro atoms. The number of carbonyl (C=O) groups excluding carboxylic acids is 1. The fourth-order valence-corrected chi connectivity index (χ4v) is 3.33. The van der Waals surface area contributed by atoms with Crippen LogP contribution in [0.3, 0.4) is 0 Å². The van der Waals surface area contributed by atoms with Crippen LogP contribution in [0.15, 0.2) is 54.7 Å². The van der Waals surface area contributed by atoms with Gasteiger partial charge >= 0.3 is 0 Å². The number of nitriles is 1. The molecule has 2 heterocycles. The quantitative estimate of drug-likeness (QED) is 0.778. The molecule has 132 valence electrons. The summed E-state index contributed by atoms with van der Waals surface area (Å²) in [5.41, 5.74) is 5.47. The molecule has 27 heavy (non-hydrogen) atoms. The number of fused-ring (bicyclic) bond motifs is 1. The fourth-order valence-electron chi connectivity index (χ4n) is 3.33. The lowest BCUT2D eigenvalue weighted by molar-refractivity contribution is 0.0946. The van der Waals surface area contributed by atoms with Crippen molar-refractivity contribution in [3.05, 3.63) is 88.4 Å². The number of hydrogen-bond donors (Lipinski definition) is 1. The summed E-state index contributed by atoms with van der Waals surface area (Å²) in [5, 5.41) is 11.8. The minimum atomic E-state index is -0.505. The van der Waals surface area contributed by atoms with Crippen molar-refractivity contribution in [1.82, 2.24) is 10.3 Å². The number of nitrogens with one attached hydrogen (secondary N) is 1. The Morgan fingerprint density at radius 1 is 1.11 bits per heavy atom. The second-order valence-corrected chi connectivity index (χ2v) is 6.53. The zero-order valence-corrected chi connectivity index (χ0v) is 14.5. The van der Waals surface area contributed by atoms with E-state index in [1.807, 2.05) is 36.4 Å². The Kier molecular flexibility index (Phi) is 4.39. The maximum absolute atomic E-state index is 13.5. The van der Waals surface area contributed by atoms with E-state index in [-0.39, 0.29) is 11.5 Å². The predicted octanol–water partition coefficient (Wildman–Crippen LogP) is 3.64. The van der Waals surface area contributed by atoms with Gasteiger partial charge in [0.2, 0.25) is 0 Å². The van der Waals surface area contributed by atoms with Crippen molar-refractivity contribution in [3.63, 3.8) is 0 Å². The van der Waals surface area contributed by atoms with E-state index in [9.17, 15) is 9.18 Å². The molecular weight excluding hydrogens is 341 g/mol. The van der Waals surface area contributed by atoms with Crippen LogP contribution in [0.1, 0.15) is 32.6 Å². The predicted molar refractivity (Wildman–Crippen MR) is 99.6 cm³/mol. The smallest absolute Gasteiger partial charge is 0.251 e. The first-order valence-electron chi connectivity index (χ1n) is 8.69. The molecule has 1 amide bonds. The first kappa shape index (κ1) is 16.9. The number of hydrogen-bond acceptors (Lipinski definition) is 3. The van der Waals surface area contributed by atoms with Crippen LogP contribution in [0.2, 0.25) is 0 Å². The fraction of sp³-hybridized carbons (Fsp3) is 0.136. The van der Waals surface area contributed by atoms with Gasteiger partial charge in [-0.05, 0) is 65.9 Å². The Hall–Kier alpha value is -3.52. The minimum absolute atomic E-state index is 0.0332. The number of halogens is 1. The summed E-state index contributed by atoms with van der Waals surface area (Å²) in [6, 6.07) is 16.1. The molecule has 0 atom stereocenters. The monoisotopic (exact) mass is 357 g/mol. The van der Waals surface area contributed by atoms with E-state index in [0.717, 1.165) is 39.9 Å². The highest BCUT2D eigenvalue weighted by molar-refractivity contribution is 5.97. The van der Waals surface area contributed by atoms with Gasteiger partial charge in [-0.3, -0.25) is 9.78 Å². The molecule has 1 aromatic heterocycles. The molecule has 0 fully saturated rings. The Morgan fingerprint density at radius 3 is 2.81 bits per heavy atom. The van der Waals surface area contributed by atoms with E-state index in [4.69, 9.17) is 5.26 Å². The molecule has 5 heteroatoms. The lowest BCUT2D eigenvalue weighted by atomic mass is 9.95. The molecule has 2 aromatic carbocycles. The molecule has 0 saturated heterocycles. The zero-order valence-electron chi connectivity index (χ0n) is 14.5. The highest BCUT2D eigenvalue weighted by Crippen LogP contribution is 2.24. The van der Waals surface area contributed by atoms with Gasteiger partial charge in [0.1, 0.15) is 11.9 Å². The van der Waals surface area contributed by atoms with Gasteiger partial charge < -0.3 is 5.32 Å².